The molecule has 0 aromatic heterocycles. The van der Waals surface area contributed by atoms with Crippen LogP contribution in [0, 0.1) is 5.82 Å². The molecular weight excluding hydrogens is 331 g/mol. The minimum absolute atomic E-state index is 0.211. The van der Waals surface area contributed by atoms with Gasteiger partial charge in [-0.05, 0) is 37.5 Å². The predicted molar refractivity (Wildman–Crippen MR) is 88.8 cm³/mol. The number of rotatable bonds is 3. The van der Waals surface area contributed by atoms with Crippen LogP contribution in [-0.2, 0) is 10.0 Å². The van der Waals surface area contributed by atoms with Crippen molar-refractivity contribution in [3.05, 3.63) is 29.6 Å². The number of sulfonamides is 1. The van der Waals surface area contributed by atoms with Gasteiger partial charge >= 0.3 is 0 Å². The van der Waals surface area contributed by atoms with E-state index in [4.69, 9.17) is 0 Å². The minimum Gasteiger partial charge on any atom is -0.339 e. The van der Waals surface area contributed by atoms with Gasteiger partial charge in [0.25, 0.3) is 5.91 Å². The van der Waals surface area contributed by atoms with Gasteiger partial charge in [0.1, 0.15) is 10.7 Å². The highest BCUT2D eigenvalue weighted by Gasteiger charge is 2.32. The molecule has 24 heavy (non-hydrogen) atoms. The zero-order valence-corrected chi connectivity index (χ0v) is 14.5. The summed E-state index contributed by atoms with van der Waals surface area (Å²) in [6, 6.07) is 3.67. The van der Waals surface area contributed by atoms with Gasteiger partial charge in [0.2, 0.25) is 10.0 Å². The first-order valence-corrected chi connectivity index (χ1v) is 10.0. The summed E-state index contributed by atoms with van der Waals surface area (Å²) in [6.07, 6.45) is 6.07. The van der Waals surface area contributed by atoms with Crippen LogP contribution < -0.4 is 0 Å². The molecule has 1 aromatic rings. The van der Waals surface area contributed by atoms with Crippen LogP contribution in [0.25, 0.3) is 0 Å². The van der Waals surface area contributed by atoms with Gasteiger partial charge in [-0.25, -0.2) is 12.8 Å². The van der Waals surface area contributed by atoms with E-state index < -0.39 is 15.8 Å². The Morgan fingerprint density at radius 2 is 1.54 bits per heavy atom. The van der Waals surface area contributed by atoms with Crippen molar-refractivity contribution in [2.75, 3.05) is 26.2 Å². The van der Waals surface area contributed by atoms with Crippen LogP contribution >= 0.6 is 0 Å². The van der Waals surface area contributed by atoms with Crippen molar-refractivity contribution in [2.45, 2.75) is 43.4 Å². The molecule has 0 spiro atoms. The topological polar surface area (TPSA) is 57.7 Å². The van der Waals surface area contributed by atoms with Crippen molar-refractivity contribution in [2.24, 2.45) is 0 Å². The Labute approximate surface area is 142 Å². The third-order valence-electron chi connectivity index (χ3n) is 4.75. The third kappa shape index (κ3) is 3.47. The van der Waals surface area contributed by atoms with Gasteiger partial charge in [0.05, 0.1) is 0 Å². The maximum absolute atomic E-state index is 14.1. The fraction of sp³-hybridized carbons (Fsp3) is 0.588. The molecule has 7 heteroatoms. The maximum Gasteiger partial charge on any atom is 0.253 e. The Hall–Kier alpha value is -1.47. The fourth-order valence-electron chi connectivity index (χ4n) is 3.13. The van der Waals surface area contributed by atoms with Crippen molar-refractivity contribution < 1.29 is 17.6 Å². The molecule has 2 aliphatic rings. The molecular formula is C17H23FN2O3S. The van der Waals surface area contributed by atoms with Crippen molar-refractivity contribution in [3.63, 3.8) is 0 Å². The van der Waals surface area contributed by atoms with Crippen LogP contribution in [0.2, 0.25) is 0 Å². The van der Waals surface area contributed by atoms with E-state index >= 15 is 0 Å². The minimum atomic E-state index is -3.85. The molecule has 2 heterocycles. The molecule has 2 saturated heterocycles. The third-order valence-corrected chi connectivity index (χ3v) is 6.67. The van der Waals surface area contributed by atoms with E-state index in [-0.39, 0.29) is 16.4 Å². The normalized spacial score (nSPS) is 20.1. The zero-order chi connectivity index (χ0) is 17.2. The summed E-state index contributed by atoms with van der Waals surface area (Å²) in [5.41, 5.74) is 0.246. The van der Waals surface area contributed by atoms with Crippen molar-refractivity contribution >= 4 is 15.9 Å². The lowest BCUT2D eigenvalue weighted by Crippen LogP contribution is -2.42. The summed E-state index contributed by atoms with van der Waals surface area (Å²) in [5, 5.41) is 0. The molecule has 0 unspecified atom stereocenters. The Morgan fingerprint density at radius 3 is 2.12 bits per heavy atom. The largest absolute Gasteiger partial charge is 0.339 e. The maximum atomic E-state index is 14.1. The Kier molecular flexibility index (Phi) is 5.20. The van der Waals surface area contributed by atoms with Gasteiger partial charge in [-0.3, -0.25) is 4.79 Å². The second kappa shape index (κ2) is 7.19. The number of nitrogens with zero attached hydrogens (tertiary/aromatic N) is 2. The zero-order valence-electron chi connectivity index (χ0n) is 13.7. The van der Waals surface area contributed by atoms with E-state index in [1.54, 1.807) is 4.90 Å². The average molecular weight is 354 g/mol. The molecule has 0 N–H and O–H groups in total. The van der Waals surface area contributed by atoms with Gasteiger partial charge < -0.3 is 4.90 Å². The highest BCUT2D eigenvalue weighted by Crippen LogP contribution is 2.25. The van der Waals surface area contributed by atoms with Crippen LogP contribution in [0.15, 0.2) is 23.1 Å². The summed E-state index contributed by atoms with van der Waals surface area (Å²) in [4.78, 5) is 14.1. The molecule has 0 radical (unpaired) electrons. The number of halogens is 1. The first-order valence-electron chi connectivity index (χ1n) is 8.59. The van der Waals surface area contributed by atoms with Gasteiger partial charge in [0.15, 0.2) is 0 Å². The monoisotopic (exact) mass is 354 g/mol. The van der Waals surface area contributed by atoms with E-state index in [0.29, 0.717) is 26.2 Å². The van der Waals surface area contributed by atoms with E-state index in [0.717, 1.165) is 38.2 Å². The smallest absolute Gasteiger partial charge is 0.253 e. The predicted octanol–water partition coefficient (Wildman–Crippen LogP) is 2.63. The molecule has 0 atom stereocenters. The number of hydrogen-bond acceptors (Lipinski definition) is 3. The Balaban J connectivity index is 1.85. The fourth-order valence-corrected chi connectivity index (χ4v) is 4.74. The van der Waals surface area contributed by atoms with Gasteiger partial charge in [-0.2, -0.15) is 4.31 Å². The van der Waals surface area contributed by atoms with Gasteiger partial charge in [-0.1, -0.05) is 19.3 Å². The number of carbonyl (C=O) groups excluding carboxylic acids is 1. The summed E-state index contributed by atoms with van der Waals surface area (Å²) in [5.74, 6) is -1.01. The Morgan fingerprint density at radius 1 is 0.917 bits per heavy atom. The molecule has 5 nitrogen and oxygen atoms in total. The number of benzene rings is 1. The average Bonchev–Trinajstić information content (AvgIpc) is 2.44. The van der Waals surface area contributed by atoms with Crippen molar-refractivity contribution in [1.82, 2.24) is 9.21 Å². The molecule has 2 fully saturated rings. The SMILES string of the molecule is O=C(c1ccc(F)c(S(=O)(=O)N2CCC2)c1)N1CCCCCCC1. The summed E-state index contributed by atoms with van der Waals surface area (Å²) in [7, 11) is -3.85. The Bertz CT molecular complexity index is 709. The summed E-state index contributed by atoms with van der Waals surface area (Å²) < 4.78 is 40.2. The molecule has 1 amide bonds. The van der Waals surface area contributed by atoms with E-state index in [1.165, 1.54) is 22.9 Å². The van der Waals surface area contributed by atoms with Crippen LogP contribution in [0.1, 0.15) is 48.9 Å². The number of likely N-dealkylation sites (tertiary alicyclic amines) is 1. The van der Waals surface area contributed by atoms with E-state index in [9.17, 15) is 17.6 Å². The highest BCUT2D eigenvalue weighted by atomic mass is 32.2. The highest BCUT2D eigenvalue weighted by molar-refractivity contribution is 7.89. The number of carbonyl (C=O) groups is 1. The molecule has 132 valence electrons. The first-order chi connectivity index (χ1) is 11.5. The quantitative estimate of drug-likeness (QED) is 0.838. The second-order valence-electron chi connectivity index (χ2n) is 6.46. The van der Waals surface area contributed by atoms with Crippen LogP contribution in [-0.4, -0.2) is 49.7 Å². The van der Waals surface area contributed by atoms with Crippen LogP contribution in [0.3, 0.4) is 0 Å². The van der Waals surface area contributed by atoms with Gasteiger partial charge in [-0.15, -0.1) is 0 Å². The molecule has 3 rings (SSSR count). The molecule has 0 bridgehead atoms. The first kappa shape index (κ1) is 17.4. The molecule has 2 aliphatic heterocycles. The molecule has 0 aliphatic carbocycles. The lowest BCUT2D eigenvalue weighted by atomic mass is 10.1. The second-order valence-corrected chi connectivity index (χ2v) is 8.37. The number of amides is 1. The molecule has 1 aromatic carbocycles. The lowest BCUT2D eigenvalue weighted by molar-refractivity contribution is 0.0742. The van der Waals surface area contributed by atoms with E-state index in [2.05, 4.69) is 0 Å². The standard InChI is InChI=1S/C17H23FN2O3S/c18-15-8-7-14(13-16(15)24(22,23)20-11-6-12-20)17(21)19-9-4-2-1-3-5-10-19/h7-8,13H,1-6,9-12H2. The van der Waals surface area contributed by atoms with Crippen molar-refractivity contribution in [1.29, 1.82) is 0 Å². The van der Waals surface area contributed by atoms with Crippen LogP contribution in [0.5, 0.6) is 0 Å². The number of hydrogen-bond donors (Lipinski definition) is 0. The summed E-state index contributed by atoms with van der Waals surface area (Å²) >= 11 is 0. The van der Waals surface area contributed by atoms with Gasteiger partial charge in [0, 0.05) is 31.7 Å². The van der Waals surface area contributed by atoms with Crippen molar-refractivity contribution in [3.8, 4) is 0 Å². The van der Waals surface area contributed by atoms with Crippen LogP contribution in [0.4, 0.5) is 4.39 Å². The molecule has 0 saturated carbocycles. The van der Waals surface area contributed by atoms with E-state index in [1.807, 2.05) is 0 Å². The lowest BCUT2D eigenvalue weighted by Gasteiger charge is -2.30. The summed E-state index contributed by atoms with van der Waals surface area (Å²) in [6.45, 7) is 2.16.